The number of benzene rings is 2. The number of hydrogen-bond donors (Lipinski definition) is 0. The van der Waals surface area contributed by atoms with Gasteiger partial charge in [0.2, 0.25) is 0 Å². The lowest BCUT2D eigenvalue weighted by atomic mass is 10.2. The van der Waals surface area contributed by atoms with Crippen LogP contribution >= 0.6 is 15.9 Å². The van der Waals surface area contributed by atoms with E-state index in [0.29, 0.717) is 5.56 Å². The molecule has 3 atom stereocenters. The molecule has 0 aliphatic heterocycles. The molecule has 0 aliphatic rings. The van der Waals surface area contributed by atoms with Crippen LogP contribution < -0.4 is 0 Å². The second kappa shape index (κ2) is 12.6. The van der Waals surface area contributed by atoms with Crippen LogP contribution in [0.4, 0.5) is 14.0 Å². The lowest BCUT2D eigenvalue weighted by Crippen LogP contribution is -2.39. The molecule has 0 N–H and O–H groups in total. The third-order valence-corrected chi connectivity index (χ3v) is 4.58. The van der Waals surface area contributed by atoms with E-state index >= 15 is 0 Å². The van der Waals surface area contributed by atoms with E-state index in [1.54, 1.807) is 54.6 Å². The number of halogens is 2. The fraction of sp³-hybridized carbons (Fsp3) is 0.286. The van der Waals surface area contributed by atoms with Crippen molar-refractivity contribution in [2.45, 2.75) is 30.3 Å². The maximum Gasteiger partial charge on any atom is 0.509 e. The van der Waals surface area contributed by atoms with Crippen LogP contribution in [0.25, 0.3) is 0 Å². The first-order chi connectivity index (χ1) is 14.5. The molecular formula is C21H20BrFO7. The highest BCUT2D eigenvalue weighted by Gasteiger charge is 2.33. The monoisotopic (exact) mass is 482 g/mol. The molecule has 0 aliphatic carbocycles. The maximum atomic E-state index is 14.0. The van der Waals surface area contributed by atoms with E-state index in [2.05, 4.69) is 15.9 Å². The summed E-state index contributed by atoms with van der Waals surface area (Å²) >= 11 is 3.07. The molecule has 0 amide bonds. The Balaban J connectivity index is 1.80. The van der Waals surface area contributed by atoms with E-state index in [1.165, 1.54) is 0 Å². The molecule has 2 aromatic carbocycles. The van der Waals surface area contributed by atoms with Gasteiger partial charge in [0, 0.05) is 0 Å². The highest BCUT2D eigenvalue weighted by molar-refractivity contribution is 9.09. The van der Waals surface area contributed by atoms with Gasteiger partial charge in [0.1, 0.15) is 19.8 Å². The van der Waals surface area contributed by atoms with Crippen molar-refractivity contribution in [1.82, 2.24) is 0 Å². The Morgan fingerprint density at radius 3 is 1.87 bits per heavy atom. The largest absolute Gasteiger partial charge is 0.509 e. The summed E-state index contributed by atoms with van der Waals surface area (Å²) in [5.41, 5.74) is 1.47. The number of hydrogen-bond acceptors (Lipinski definition) is 7. The summed E-state index contributed by atoms with van der Waals surface area (Å²) in [5.74, 6) is 0. The van der Waals surface area contributed by atoms with Crippen LogP contribution in [0.2, 0.25) is 0 Å². The van der Waals surface area contributed by atoms with E-state index in [9.17, 15) is 18.8 Å². The molecule has 0 saturated heterocycles. The maximum absolute atomic E-state index is 14.0. The van der Waals surface area contributed by atoms with E-state index in [-0.39, 0.29) is 19.5 Å². The average molecular weight is 483 g/mol. The van der Waals surface area contributed by atoms with Crippen molar-refractivity contribution in [3.8, 4) is 0 Å². The third kappa shape index (κ3) is 8.20. The number of alkyl halides is 2. The van der Waals surface area contributed by atoms with E-state index < -0.39 is 36.0 Å². The molecule has 0 unspecified atom stereocenters. The zero-order valence-corrected chi connectivity index (χ0v) is 17.4. The van der Waals surface area contributed by atoms with Crippen LogP contribution in [0.15, 0.2) is 60.7 Å². The second-order valence-corrected chi connectivity index (χ2v) is 7.21. The number of rotatable bonds is 10. The Hall–Kier alpha value is -2.94. The van der Waals surface area contributed by atoms with Gasteiger partial charge < -0.3 is 18.9 Å². The fourth-order valence-corrected chi connectivity index (χ4v) is 2.81. The third-order valence-electron chi connectivity index (χ3n) is 3.79. The van der Waals surface area contributed by atoms with Gasteiger partial charge >= 0.3 is 12.3 Å². The Kier molecular flexibility index (Phi) is 9.79. The molecule has 0 radical (unpaired) electrons. The first-order valence-corrected chi connectivity index (χ1v) is 9.85. The van der Waals surface area contributed by atoms with Gasteiger partial charge in [-0.3, -0.25) is 4.79 Å². The van der Waals surface area contributed by atoms with Crippen molar-refractivity contribution in [2.24, 2.45) is 0 Å². The van der Waals surface area contributed by atoms with Crippen molar-refractivity contribution < 1.29 is 37.7 Å². The first-order valence-electron chi connectivity index (χ1n) is 8.94. The van der Waals surface area contributed by atoms with Gasteiger partial charge in [-0.1, -0.05) is 76.6 Å². The molecular weight excluding hydrogens is 463 g/mol. The zero-order valence-electron chi connectivity index (χ0n) is 15.8. The van der Waals surface area contributed by atoms with Crippen LogP contribution in [0.5, 0.6) is 0 Å². The smallest absolute Gasteiger partial charge is 0.433 e. The van der Waals surface area contributed by atoms with Crippen LogP contribution in [-0.4, -0.2) is 42.3 Å². The predicted octanol–water partition coefficient (Wildman–Crippen LogP) is 4.36. The van der Waals surface area contributed by atoms with Crippen molar-refractivity contribution in [2.75, 3.05) is 6.61 Å². The average Bonchev–Trinajstić information content (AvgIpc) is 2.79. The fourth-order valence-electron chi connectivity index (χ4n) is 2.28. The minimum atomic E-state index is -2.15. The minimum Gasteiger partial charge on any atom is -0.433 e. The summed E-state index contributed by atoms with van der Waals surface area (Å²) in [5, 5.41) is 0. The lowest BCUT2D eigenvalue weighted by Gasteiger charge is -2.22. The van der Waals surface area contributed by atoms with Gasteiger partial charge in [0.25, 0.3) is 0 Å². The van der Waals surface area contributed by atoms with Crippen LogP contribution in [-0.2, 0) is 37.0 Å². The summed E-state index contributed by atoms with van der Waals surface area (Å²) in [6.07, 6.45) is -5.88. The summed E-state index contributed by atoms with van der Waals surface area (Å²) in [4.78, 5) is 33.4. The van der Waals surface area contributed by atoms with Gasteiger partial charge in [-0.15, -0.1) is 0 Å². The number of ether oxygens (including phenoxy) is 4. The van der Waals surface area contributed by atoms with E-state index in [0.717, 1.165) is 5.56 Å². The normalized spacial score (nSPS) is 13.4. The van der Waals surface area contributed by atoms with Crippen LogP contribution in [0, 0.1) is 0 Å². The van der Waals surface area contributed by atoms with Gasteiger partial charge in [-0.05, 0) is 11.1 Å². The number of aldehydes is 1. The second-order valence-electron chi connectivity index (χ2n) is 6.04. The summed E-state index contributed by atoms with van der Waals surface area (Å²) in [6.45, 7) is -0.489. The SMILES string of the molecule is O=C[C@@H](F)[C@H](OC(=O)OCc1ccccc1)[C@H](Br)COC(=O)OCc1ccccc1. The molecule has 7 nitrogen and oxygen atoms in total. The molecule has 2 rings (SSSR count). The van der Waals surface area contributed by atoms with Crippen molar-refractivity contribution in [3.05, 3.63) is 71.8 Å². The van der Waals surface area contributed by atoms with Gasteiger partial charge in [-0.25, -0.2) is 14.0 Å². The van der Waals surface area contributed by atoms with Crippen LogP contribution in [0.1, 0.15) is 11.1 Å². The summed E-state index contributed by atoms with van der Waals surface area (Å²) in [7, 11) is 0. The Morgan fingerprint density at radius 2 is 1.37 bits per heavy atom. The standard InChI is InChI=1S/C21H20BrFO7/c22-17(14-29-20(25)27-12-15-7-3-1-4-8-15)19(18(23)11-24)30-21(26)28-13-16-9-5-2-6-10-16/h1-11,17-19H,12-14H2/t17-,18-,19-/m1/s1. The molecule has 160 valence electrons. The lowest BCUT2D eigenvalue weighted by molar-refractivity contribution is -0.116. The summed E-state index contributed by atoms with van der Waals surface area (Å²) in [6, 6.07) is 17.7. The molecule has 0 aromatic heterocycles. The van der Waals surface area contributed by atoms with E-state index in [4.69, 9.17) is 18.9 Å². The van der Waals surface area contributed by atoms with Crippen LogP contribution in [0.3, 0.4) is 0 Å². The number of carbonyl (C=O) groups is 3. The quantitative estimate of drug-likeness (QED) is 0.282. The molecule has 30 heavy (non-hydrogen) atoms. The van der Waals surface area contributed by atoms with Gasteiger partial charge in [-0.2, -0.15) is 0 Å². The first kappa shape index (κ1) is 23.3. The molecule has 0 saturated carbocycles. The topological polar surface area (TPSA) is 88.1 Å². The molecule has 2 aromatic rings. The van der Waals surface area contributed by atoms with Crippen molar-refractivity contribution >= 4 is 34.5 Å². The van der Waals surface area contributed by atoms with Gasteiger partial charge in [0.05, 0.1) is 4.83 Å². The summed E-state index contributed by atoms with van der Waals surface area (Å²) < 4.78 is 33.6. The Morgan fingerprint density at radius 1 is 0.867 bits per heavy atom. The number of carbonyl (C=O) groups excluding carboxylic acids is 3. The molecule has 0 heterocycles. The zero-order chi connectivity index (χ0) is 21.8. The highest BCUT2D eigenvalue weighted by Crippen LogP contribution is 2.17. The molecule has 0 fully saturated rings. The minimum absolute atomic E-state index is 0.00155. The Labute approximate surface area is 181 Å². The van der Waals surface area contributed by atoms with Gasteiger partial charge in [0.15, 0.2) is 18.6 Å². The van der Waals surface area contributed by atoms with Crippen molar-refractivity contribution in [1.29, 1.82) is 0 Å². The molecule has 0 bridgehead atoms. The molecule has 0 spiro atoms. The predicted molar refractivity (Wildman–Crippen MR) is 108 cm³/mol. The van der Waals surface area contributed by atoms with E-state index in [1.807, 2.05) is 6.07 Å². The van der Waals surface area contributed by atoms with Crippen molar-refractivity contribution in [3.63, 3.8) is 0 Å². The Bertz CT molecular complexity index is 804. The molecule has 9 heteroatoms. The highest BCUT2D eigenvalue weighted by atomic mass is 79.9.